The first-order chi connectivity index (χ1) is 12.9. The molecule has 0 radical (unpaired) electrons. The number of ether oxygens (including phenoxy) is 2. The number of carbonyl (C=O) groups is 1. The highest BCUT2D eigenvalue weighted by molar-refractivity contribution is 7.15. The SMILES string of the molecule is COc1cc2c(cn1)[C@@]1(C[C@H](C)N(Cc3sc(NC(C)=O)nc3F)C1)OC2. The van der Waals surface area contributed by atoms with Crippen molar-refractivity contribution in [2.45, 2.75) is 45.1 Å². The van der Waals surface area contributed by atoms with E-state index < -0.39 is 11.5 Å². The average molecular weight is 392 g/mol. The van der Waals surface area contributed by atoms with Gasteiger partial charge in [-0.2, -0.15) is 9.37 Å². The van der Waals surface area contributed by atoms with E-state index in [2.05, 4.69) is 27.1 Å². The molecular formula is C18H21FN4O3S. The molecule has 1 amide bonds. The zero-order chi connectivity index (χ0) is 19.2. The summed E-state index contributed by atoms with van der Waals surface area (Å²) >= 11 is 1.17. The third-order valence-electron chi connectivity index (χ3n) is 5.15. The van der Waals surface area contributed by atoms with Crippen LogP contribution in [0.3, 0.4) is 0 Å². The summed E-state index contributed by atoms with van der Waals surface area (Å²) in [6.07, 6.45) is 2.65. The highest BCUT2D eigenvalue weighted by atomic mass is 32.1. The van der Waals surface area contributed by atoms with Crippen LogP contribution in [0.1, 0.15) is 36.3 Å². The third-order valence-corrected chi connectivity index (χ3v) is 6.09. The fraction of sp³-hybridized carbons (Fsp3) is 0.500. The van der Waals surface area contributed by atoms with Gasteiger partial charge in [0, 0.05) is 43.9 Å². The van der Waals surface area contributed by atoms with Gasteiger partial charge in [-0.25, -0.2) is 4.98 Å². The Hall–Kier alpha value is -2.10. The summed E-state index contributed by atoms with van der Waals surface area (Å²) in [6.45, 7) is 5.09. The van der Waals surface area contributed by atoms with E-state index in [-0.39, 0.29) is 17.1 Å². The smallest absolute Gasteiger partial charge is 0.230 e. The van der Waals surface area contributed by atoms with E-state index in [4.69, 9.17) is 9.47 Å². The number of methoxy groups -OCH3 is 1. The van der Waals surface area contributed by atoms with Gasteiger partial charge >= 0.3 is 0 Å². The number of fused-ring (bicyclic) bond motifs is 2. The van der Waals surface area contributed by atoms with Crippen molar-refractivity contribution in [3.63, 3.8) is 0 Å². The average Bonchev–Trinajstić information content (AvgIpc) is 3.24. The first-order valence-corrected chi connectivity index (χ1v) is 9.56. The number of rotatable bonds is 4. The number of nitrogens with zero attached hydrogens (tertiary/aromatic N) is 3. The maximum absolute atomic E-state index is 14.2. The molecule has 0 unspecified atom stereocenters. The van der Waals surface area contributed by atoms with E-state index in [1.54, 1.807) is 7.11 Å². The normalized spacial score (nSPS) is 24.4. The Labute approximate surface area is 160 Å². The molecule has 0 bridgehead atoms. The van der Waals surface area contributed by atoms with Gasteiger partial charge in [0.15, 0.2) is 5.13 Å². The second kappa shape index (κ2) is 6.81. The van der Waals surface area contributed by atoms with Crippen LogP contribution in [-0.2, 0) is 28.3 Å². The van der Waals surface area contributed by atoms with E-state index in [9.17, 15) is 9.18 Å². The van der Waals surface area contributed by atoms with Gasteiger partial charge in [0.1, 0.15) is 5.60 Å². The van der Waals surface area contributed by atoms with Crippen LogP contribution < -0.4 is 10.1 Å². The lowest BCUT2D eigenvalue weighted by molar-refractivity contribution is -0.114. The number of hydrogen-bond acceptors (Lipinski definition) is 7. The molecule has 2 aliphatic heterocycles. The van der Waals surface area contributed by atoms with Gasteiger partial charge in [0.2, 0.25) is 17.7 Å². The molecule has 2 aromatic heterocycles. The second-order valence-corrected chi connectivity index (χ2v) is 8.12. The number of aromatic nitrogens is 2. The number of likely N-dealkylation sites (tertiary alicyclic amines) is 1. The van der Waals surface area contributed by atoms with Gasteiger partial charge < -0.3 is 14.8 Å². The van der Waals surface area contributed by atoms with E-state index in [0.29, 0.717) is 30.5 Å². The molecule has 7 nitrogen and oxygen atoms in total. The number of nitrogens with one attached hydrogen (secondary N) is 1. The van der Waals surface area contributed by atoms with Crippen LogP contribution in [0.4, 0.5) is 9.52 Å². The molecule has 9 heteroatoms. The topological polar surface area (TPSA) is 76.6 Å². The summed E-state index contributed by atoms with van der Waals surface area (Å²) < 4.78 is 25.6. The van der Waals surface area contributed by atoms with Gasteiger partial charge in [-0.1, -0.05) is 11.3 Å². The largest absolute Gasteiger partial charge is 0.481 e. The molecular weight excluding hydrogens is 371 g/mol. The van der Waals surface area contributed by atoms with Crippen LogP contribution in [-0.4, -0.2) is 40.5 Å². The fourth-order valence-corrected chi connectivity index (χ4v) is 4.81. The molecule has 0 saturated carbocycles. The molecule has 2 atom stereocenters. The third kappa shape index (κ3) is 3.30. The molecule has 1 spiro atoms. The molecule has 27 heavy (non-hydrogen) atoms. The maximum atomic E-state index is 14.2. The van der Waals surface area contributed by atoms with E-state index in [0.717, 1.165) is 17.5 Å². The van der Waals surface area contributed by atoms with Gasteiger partial charge in [-0.15, -0.1) is 0 Å². The first-order valence-electron chi connectivity index (χ1n) is 8.74. The van der Waals surface area contributed by atoms with E-state index in [1.165, 1.54) is 18.3 Å². The molecule has 2 aliphatic rings. The standard InChI is InChI=1S/C18H21FN4O3S/c1-10-5-18(13-6-20-15(25-3)4-12(13)8-26-18)9-23(10)7-14-16(19)22-17(27-14)21-11(2)24/h4,6,10H,5,7-9H2,1-3H3,(H,21,22,24)/t10-,18-/m0/s1. The summed E-state index contributed by atoms with van der Waals surface area (Å²) in [4.78, 5) is 22.0. The van der Waals surface area contributed by atoms with Crippen molar-refractivity contribution in [2.75, 3.05) is 19.0 Å². The zero-order valence-corrected chi connectivity index (χ0v) is 16.2. The van der Waals surface area contributed by atoms with Crippen molar-refractivity contribution in [1.82, 2.24) is 14.9 Å². The van der Waals surface area contributed by atoms with Gasteiger partial charge in [-0.3, -0.25) is 9.69 Å². The summed E-state index contributed by atoms with van der Waals surface area (Å²) in [7, 11) is 1.60. The van der Waals surface area contributed by atoms with Crippen molar-refractivity contribution < 1.29 is 18.7 Å². The number of carbonyl (C=O) groups excluding carboxylic acids is 1. The second-order valence-electron chi connectivity index (χ2n) is 7.04. The Morgan fingerprint density at radius 3 is 3.15 bits per heavy atom. The lowest BCUT2D eigenvalue weighted by Gasteiger charge is -2.24. The molecule has 1 N–H and O–H groups in total. The van der Waals surface area contributed by atoms with Crippen molar-refractivity contribution in [3.8, 4) is 5.88 Å². The number of pyridine rings is 1. The summed E-state index contributed by atoms with van der Waals surface area (Å²) in [5, 5.41) is 2.83. The molecule has 1 fully saturated rings. The number of anilines is 1. The molecule has 4 rings (SSSR count). The highest BCUT2D eigenvalue weighted by Gasteiger charge is 2.49. The Kier molecular flexibility index (Phi) is 4.61. The van der Waals surface area contributed by atoms with Crippen LogP contribution in [0.2, 0.25) is 0 Å². The van der Waals surface area contributed by atoms with Crippen molar-refractivity contribution in [1.29, 1.82) is 0 Å². The van der Waals surface area contributed by atoms with E-state index >= 15 is 0 Å². The van der Waals surface area contributed by atoms with Gasteiger partial charge in [0.25, 0.3) is 0 Å². The first kappa shape index (κ1) is 18.3. The number of hydrogen-bond donors (Lipinski definition) is 1. The van der Waals surface area contributed by atoms with Crippen molar-refractivity contribution in [2.24, 2.45) is 0 Å². The fourth-order valence-electron chi connectivity index (χ4n) is 3.90. The Bertz CT molecular complexity index is 889. The zero-order valence-electron chi connectivity index (χ0n) is 15.4. The maximum Gasteiger partial charge on any atom is 0.230 e. The monoisotopic (exact) mass is 392 g/mol. The number of halogens is 1. The Morgan fingerprint density at radius 2 is 2.41 bits per heavy atom. The van der Waals surface area contributed by atoms with Crippen molar-refractivity contribution >= 4 is 22.4 Å². The van der Waals surface area contributed by atoms with Crippen LogP contribution in [0, 0.1) is 5.95 Å². The van der Waals surface area contributed by atoms with Gasteiger partial charge in [-0.05, 0) is 18.9 Å². The van der Waals surface area contributed by atoms with E-state index in [1.807, 2.05) is 12.3 Å². The minimum absolute atomic E-state index is 0.212. The predicted molar refractivity (Wildman–Crippen MR) is 98.1 cm³/mol. The summed E-state index contributed by atoms with van der Waals surface area (Å²) in [6, 6.07) is 2.13. The van der Waals surface area contributed by atoms with Crippen LogP contribution in [0.25, 0.3) is 0 Å². The molecule has 2 aromatic rings. The van der Waals surface area contributed by atoms with Gasteiger partial charge in [0.05, 0.1) is 18.6 Å². The van der Waals surface area contributed by atoms with Crippen LogP contribution in [0.5, 0.6) is 5.88 Å². The van der Waals surface area contributed by atoms with Crippen LogP contribution >= 0.6 is 11.3 Å². The summed E-state index contributed by atoms with van der Waals surface area (Å²) in [5.41, 5.74) is 1.75. The Morgan fingerprint density at radius 1 is 1.59 bits per heavy atom. The molecule has 0 aliphatic carbocycles. The predicted octanol–water partition coefficient (Wildman–Crippen LogP) is 2.66. The molecule has 4 heterocycles. The summed E-state index contributed by atoms with van der Waals surface area (Å²) in [5.74, 6) is -0.215. The number of thiazole rings is 1. The molecule has 144 valence electrons. The molecule has 1 saturated heterocycles. The Balaban J connectivity index is 1.53. The molecule has 0 aromatic carbocycles. The number of amides is 1. The minimum Gasteiger partial charge on any atom is -0.481 e. The highest BCUT2D eigenvalue weighted by Crippen LogP contribution is 2.46. The lowest BCUT2D eigenvalue weighted by atomic mass is 9.92. The van der Waals surface area contributed by atoms with Crippen LogP contribution in [0.15, 0.2) is 12.3 Å². The van der Waals surface area contributed by atoms with Crippen molar-refractivity contribution in [3.05, 3.63) is 34.2 Å². The quantitative estimate of drug-likeness (QED) is 0.862. The lowest BCUT2D eigenvalue weighted by Crippen LogP contribution is -2.31. The minimum atomic E-state index is -0.531.